The van der Waals surface area contributed by atoms with Gasteiger partial charge in [-0.2, -0.15) is 0 Å². The van der Waals surface area contributed by atoms with Crippen molar-refractivity contribution in [1.29, 1.82) is 0 Å². The summed E-state index contributed by atoms with van der Waals surface area (Å²) in [6, 6.07) is 9.59. The van der Waals surface area contributed by atoms with Crippen LogP contribution >= 0.6 is 7.14 Å². The van der Waals surface area contributed by atoms with E-state index in [9.17, 15) is 9.36 Å². The van der Waals surface area contributed by atoms with Gasteiger partial charge < -0.3 is 9.30 Å². The third-order valence-corrected chi connectivity index (χ3v) is 7.29. The molecule has 18 heavy (non-hydrogen) atoms. The first-order valence-electron chi connectivity index (χ1n) is 6.47. The Morgan fingerprint density at radius 2 is 2.11 bits per heavy atom. The van der Waals surface area contributed by atoms with Crippen molar-refractivity contribution in [3.63, 3.8) is 0 Å². The van der Waals surface area contributed by atoms with Crippen molar-refractivity contribution in [2.45, 2.75) is 31.8 Å². The van der Waals surface area contributed by atoms with E-state index in [1.807, 2.05) is 30.3 Å². The van der Waals surface area contributed by atoms with Crippen LogP contribution in [0.3, 0.4) is 0 Å². The van der Waals surface area contributed by atoms with Gasteiger partial charge in [-0.25, -0.2) is 0 Å². The van der Waals surface area contributed by atoms with E-state index in [0.29, 0.717) is 13.0 Å². The van der Waals surface area contributed by atoms with E-state index in [0.717, 1.165) is 24.3 Å². The molecule has 0 aliphatic carbocycles. The minimum atomic E-state index is -2.41. The van der Waals surface area contributed by atoms with Crippen molar-refractivity contribution in [2.75, 3.05) is 12.8 Å². The number of rotatable bonds is 4. The highest BCUT2D eigenvalue weighted by Gasteiger charge is 2.40. The second-order valence-corrected chi connectivity index (χ2v) is 7.95. The molecule has 0 spiro atoms. The quantitative estimate of drug-likeness (QED) is 0.621. The normalized spacial score (nSPS) is 27.1. The molecule has 0 aromatic heterocycles. The Labute approximate surface area is 108 Å². The molecule has 3 nitrogen and oxygen atoms in total. The van der Waals surface area contributed by atoms with Crippen LogP contribution in [0, 0.1) is 0 Å². The highest BCUT2D eigenvalue weighted by Crippen LogP contribution is 2.58. The molecular formula is C14H19O3P. The molecule has 98 valence electrons. The first kappa shape index (κ1) is 13.4. The number of benzene rings is 1. The number of carbonyl (C=O) groups excluding carboxylic acids is 1. The fourth-order valence-electron chi connectivity index (χ4n) is 2.63. The number of carbonyl (C=O) groups is 1. The van der Waals surface area contributed by atoms with Gasteiger partial charge in [-0.1, -0.05) is 30.3 Å². The zero-order chi connectivity index (χ0) is 13.0. The predicted octanol–water partition coefficient (Wildman–Crippen LogP) is 2.79. The molecule has 0 bridgehead atoms. The van der Waals surface area contributed by atoms with E-state index in [4.69, 9.17) is 4.74 Å². The maximum atomic E-state index is 13.1. The third-order valence-electron chi connectivity index (χ3n) is 3.52. The lowest BCUT2D eigenvalue weighted by atomic mass is 10.2. The Bertz CT molecular complexity index is 455. The first-order valence-corrected chi connectivity index (χ1v) is 8.43. The molecule has 2 rings (SSSR count). The molecule has 1 unspecified atom stereocenters. The maximum Gasteiger partial charge on any atom is 0.306 e. The molecule has 1 saturated heterocycles. The topological polar surface area (TPSA) is 43.4 Å². The Kier molecular flexibility index (Phi) is 4.23. The minimum Gasteiger partial charge on any atom is -0.466 e. The second-order valence-electron chi connectivity index (χ2n) is 4.66. The zero-order valence-corrected chi connectivity index (χ0v) is 11.6. The van der Waals surface area contributed by atoms with Gasteiger partial charge >= 0.3 is 5.97 Å². The van der Waals surface area contributed by atoms with Crippen molar-refractivity contribution in [2.24, 2.45) is 0 Å². The van der Waals surface area contributed by atoms with E-state index < -0.39 is 7.14 Å². The molecule has 1 aliphatic rings. The summed E-state index contributed by atoms with van der Waals surface area (Å²) in [4.78, 5) is 11.6. The molecule has 2 atom stereocenters. The highest BCUT2D eigenvalue weighted by atomic mass is 31.2. The fourth-order valence-corrected chi connectivity index (χ4v) is 6.05. The van der Waals surface area contributed by atoms with Crippen molar-refractivity contribution in [3.05, 3.63) is 30.3 Å². The average molecular weight is 266 g/mol. The number of ether oxygens (including phenoxy) is 1. The molecule has 0 N–H and O–H groups in total. The summed E-state index contributed by atoms with van der Waals surface area (Å²) in [6.45, 7) is 2.19. The standard InChI is InChI=1S/C14H19O3P/c1-2-17-14(15)11-13-9-6-10-18(13,16)12-7-4-3-5-8-12/h3-5,7-8,13H,2,6,9-11H2,1H3/t13?,18-/m0/s1. The minimum absolute atomic E-state index is 0.0288. The lowest BCUT2D eigenvalue weighted by Crippen LogP contribution is -2.19. The second kappa shape index (κ2) is 5.71. The van der Waals surface area contributed by atoms with Crippen LogP contribution in [0.25, 0.3) is 0 Å². The van der Waals surface area contributed by atoms with Crippen molar-refractivity contribution < 1.29 is 14.1 Å². The zero-order valence-electron chi connectivity index (χ0n) is 10.7. The van der Waals surface area contributed by atoms with Crippen LogP contribution in [-0.2, 0) is 14.1 Å². The molecule has 0 amide bonds. The summed E-state index contributed by atoms with van der Waals surface area (Å²) in [6.07, 6.45) is 2.82. The van der Waals surface area contributed by atoms with Crippen molar-refractivity contribution >= 4 is 18.4 Å². The Hall–Kier alpha value is -1.08. The van der Waals surface area contributed by atoms with Gasteiger partial charge in [0.05, 0.1) is 13.0 Å². The lowest BCUT2D eigenvalue weighted by Gasteiger charge is -2.20. The molecular weight excluding hydrogens is 247 g/mol. The van der Waals surface area contributed by atoms with Crippen LogP contribution in [-0.4, -0.2) is 24.4 Å². The van der Waals surface area contributed by atoms with E-state index in [1.54, 1.807) is 6.92 Å². The number of hydrogen-bond acceptors (Lipinski definition) is 3. The van der Waals surface area contributed by atoms with E-state index in [2.05, 4.69) is 0 Å². The highest BCUT2D eigenvalue weighted by molar-refractivity contribution is 7.72. The molecule has 0 saturated carbocycles. The summed E-state index contributed by atoms with van der Waals surface area (Å²) in [7, 11) is -2.41. The van der Waals surface area contributed by atoms with E-state index >= 15 is 0 Å². The van der Waals surface area contributed by atoms with Crippen LogP contribution in [0.1, 0.15) is 26.2 Å². The van der Waals surface area contributed by atoms with Gasteiger partial charge in [0.1, 0.15) is 7.14 Å². The summed E-state index contributed by atoms with van der Waals surface area (Å²) < 4.78 is 18.1. The monoisotopic (exact) mass is 266 g/mol. The molecule has 1 fully saturated rings. The van der Waals surface area contributed by atoms with Gasteiger partial charge in [-0.3, -0.25) is 4.79 Å². The number of esters is 1. The summed E-state index contributed by atoms with van der Waals surface area (Å²) in [5.41, 5.74) is -0.0288. The van der Waals surface area contributed by atoms with Crippen LogP contribution in [0.15, 0.2) is 30.3 Å². The molecule has 1 heterocycles. The van der Waals surface area contributed by atoms with Gasteiger partial charge in [0.25, 0.3) is 0 Å². The molecule has 0 radical (unpaired) electrons. The molecule has 1 aromatic carbocycles. The summed E-state index contributed by atoms with van der Waals surface area (Å²) in [5.74, 6) is -0.222. The van der Waals surface area contributed by atoms with Crippen LogP contribution in [0.2, 0.25) is 0 Å². The first-order chi connectivity index (χ1) is 8.66. The SMILES string of the molecule is CCOC(=O)CC1CCC[P@]1(=O)c1ccccc1. The van der Waals surface area contributed by atoms with E-state index in [-0.39, 0.29) is 11.6 Å². The Morgan fingerprint density at radius 3 is 2.78 bits per heavy atom. The smallest absolute Gasteiger partial charge is 0.306 e. The van der Waals surface area contributed by atoms with Gasteiger partial charge in [0, 0.05) is 17.1 Å². The summed E-state index contributed by atoms with van der Waals surface area (Å²) >= 11 is 0. The lowest BCUT2D eigenvalue weighted by molar-refractivity contribution is -0.143. The van der Waals surface area contributed by atoms with Gasteiger partial charge in [0.2, 0.25) is 0 Å². The predicted molar refractivity (Wildman–Crippen MR) is 72.8 cm³/mol. The van der Waals surface area contributed by atoms with Gasteiger partial charge in [-0.15, -0.1) is 0 Å². The maximum absolute atomic E-state index is 13.1. The third kappa shape index (κ3) is 2.67. The van der Waals surface area contributed by atoms with E-state index in [1.165, 1.54) is 0 Å². The van der Waals surface area contributed by atoms with Crippen LogP contribution < -0.4 is 5.30 Å². The molecule has 1 aliphatic heterocycles. The van der Waals surface area contributed by atoms with Gasteiger partial charge in [-0.05, 0) is 19.8 Å². The Balaban J connectivity index is 2.16. The largest absolute Gasteiger partial charge is 0.466 e. The summed E-state index contributed by atoms with van der Waals surface area (Å²) in [5, 5.41) is 0.914. The molecule has 4 heteroatoms. The molecule has 1 aromatic rings. The van der Waals surface area contributed by atoms with Crippen molar-refractivity contribution in [1.82, 2.24) is 0 Å². The number of hydrogen-bond donors (Lipinski definition) is 0. The fraction of sp³-hybridized carbons (Fsp3) is 0.500. The Morgan fingerprint density at radius 1 is 1.39 bits per heavy atom. The van der Waals surface area contributed by atoms with Crippen LogP contribution in [0.4, 0.5) is 0 Å². The average Bonchev–Trinajstić information content (AvgIpc) is 2.74. The van der Waals surface area contributed by atoms with Gasteiger partial charge in [0.15, 0.2) is 0 Å². The van der Waals surface area contributed by atoms with Crippen molar-refractivity contribution in [3.8, 4) is 0 Å². The van der Waals surface area contributed by atoms with Crippen LogP contribution in [0.5, 0.6) is 0 Å².